The van der Waals surface area contributed by atoms with E-state index in [9.17, 15) is 13.2 Å². The number of para-hydroxylation sites is 1. The van der Waals surface area contributed by atoms with Gasteiger partial charge >= 0.3 is 0 Å². The fourth-order valence-corrected chi connectivity index (χ4v) is 3.96. The van der Waals surface area contributed by atoms with Crippen LogP contribution < -0.4 is 9.62 Å². The van der Waals surface area contributed by atoms with Crippen LogP contribution in [0.3, 0.4) is 0 Å². The molecule has 2 rings (SSSR count). The predicted molar refractivity (Wildman–Crippen MR) is 102 cm³/mol. The second kappa shape index (κ2) is 8.16. The standard InChI is InChI=1S/C19H24N2O3S/c1-4-21(18-8-6-5-7-9-18)19(22)16(3)14-25(23,24)20-17-12-10-15(2)11-13-17/h5-13,16,20H,4,14H2,1-3H3. The number of amides is 1. The van der Waals surface area contributed by atoms with Gasteiger partial charge in [0, 0.05) is 17.9 Å². The Morgan fingerprint density at radius 3 is 2.24 bits per heavy atom. The van der Waals surface area contributed by atoms with Crippen molar-refractivity contribution in [3.63, 3.8) is 0 Å². The summed E-state index contributed by atoms with van der Waals surface area (Å²) in [6, 6.07) is 16.4. The quantitative estimate of drug-likeness (QED) is 0.823. The summed E-state index contributed by atoms with van der Waals surface area (Å²) in [5, 5.41) is 0. The predicted octanol–water partition coefficient (Wildman–Crippen LogP) is 3.43. The number of hydrogen-bond donors (Lipinski definition) is 1. The number of aryl methyl sites for hydroxylation is 1. The third-order valence-electron chi connectivity index (χ3n) is 3.87. The molecule has 1 atom stereocenters. The fraction of sp³-hybridized carbons (Fsp3) is 0.316. The highest BCUT2D eigenvalue weighted by molar-refractivity contribution is 7.92. The average Bonchev–Trinajstić information content (AvgIpc) is 2.58. The van der Waals surface area contributed by atoms with Crippen molar-refractivity contribution in [2.75, 3.05) is 21.9 Å². The molecular weight excluding hydrogens is 336 g/mol. The van der Waals surface area contributed by atoms with Gasteiger partial charge in [-0.25, -0.2) is 8.42 Å². The maximum absolute atomic E-state index is 12.7. The van der Waals surface area contributed by atoms with Crippen molar-refractivity contribution in [1.82, 2.24) is 0 Å². The van der Waals surface area contributed by atoms with Gasteiger partial charge in [-0.05, 0) is 38.1 Å². The zero-order valence-electron chi connectivity index (χ0n) is 14.8. The highest BCUT2D eigenvalue weighted by atomic mass is 32.2. The molecular formula is C19H24N2O3S. The van der Waals surface area contributed by atoms with Crippen molar-refractivity contribution in [3.05, 3.63) is 60.2 Å². The average molecular weight is 360 g/mol. The van der Waals surface area contributed by atoms with E-state index in [0.29, 0.717) is 12.2 Å². The van der Waals surface area contributed by atoms with E-state index < -0.39 is 15.9 Å². The zero-order valence-corrected chi connectivity index (χ0v) is 15.6. The summed E-state index contributed by atoms with van der Waals surface area (Å²) >= 11 is 0. The SMILES string of the molecule is CCN(C(=O)C(C)CS(=O)(=O)Nc1ccc(C)cc1)c1ccccc1. The summed E-state index contributed by atoms with van der Waals surface area (Å²) in [6.45, 7) is 5.93. The molecule has 1 N–H and O–H groups in total. The normalized spacial score (nSPS) is 12.4. The van der Waals surface area contributed by atoms with Gasteiger partial charge in [0.1, 0.15) is 0 Å². The maximum atomic E-state index is 12.7. The highest BCUT2D eigenvalue weighted by Gasteiger charge is 2.26. The van der Waals surface area contributed by atoms with Gasteiger partial charge < -0.3 is 4.90 Å². The van der Waals surface area contributed by atoms with Crippen LogP contribution in [0.4, 0.5) is 11.4 Å². The molecule has 25 heavy (non-hydrogen) atoms. The number of hydrogen-bond acceptors (Lipinski definition) is 3. The van der Waals surface area contributed by atoms with Crippen LogP contribution in [0.2, 0.25) is 0 Å². The minimum Gasteiger partial charge on any atom is -0.312 e. The van der Waals surface area contributed by atoms with Crippen LogP contribution in [0, 0.1) is 12.8 Å². The Bertz CT molecular complexity index is 802. The van der Waals surface area contributed by atoms with E-state index in [0.717, 1.165) is 11.3 Å². The molecule has 0 bridgehead atoms. The van der Waals surface area contributed by atoms with Crippen molar-refractivity contribution in [1.29, 1.82) is 0 Å². The summed E-state index contributed by atoms with van der Waals surface area (Å²) in [5.41, 5.74) is 2.32. The van der Waals surface area contributed by atoms with E-state index >= 15 is 0 Å². The molecule has 0 saturated carbocycles. The van der Waals surface area contributed by atoms with Gasteiger partial charge in [0.25, 0.3) is 0 Å². The molecule has 1 unspecified atom stereocenters. The summed E-state index contributed by atoms with van der Waals surface area (Å²) in [5.74, 6) is -1.12. The lowest BCUT2D eigenvalue weighted by Gasteiger charge is -2.24. The van der Waals surface area contributed by atoms with Gasteiger partial charge in [0.05, 0.1) is 11.7 Å². The van der Waals surface area contributed by atoms with Gasteiger partial charge in [-0.1, -0.05) is 42.8 Å². The molecule has 0 aliphatic heterocycles. The number of carbonyl (C=O) groups is 1. The van der Waals surface area contributed by atoms with E-state index in [1.54, 1.807) is 24.0 Å². The van der Waals surface area contributed by atoms with E-state index in [2.05, 4.69) is 4.72 Å². The Morgan fingerprint density at radius 1 is 1.08 bits per heavy atom. The summed E-state index contributed by atoms with van der Waals surface area (Å²) in [7, 11) is -3.61. The Labute approximate surface area is 149 Å². The van der Waals surface area contributed by atoms with Gasteiger partial charge in [-0.15, -0.1) is 0 Å². The Morgan fingerprint density at radius 2 is 1.68 bits per heavy atom. The van der Waals surface area contributed by atoms with Crippen LogP contribution in [0.1, 0.15) is 19.4 Å². The number of rotatable bonds is 7. The van der Waals surface area contributed by atoms with E-state index in [1.165, 1.54) is 0 Å². The van der Waals surface area contributed by atoms with Crippen molar-refractivity contribution in [3.8, 4) is 0 Å². The number of nitrogens with one attached hydrogen (secondary N) is 1. The molecule has 0 saturated heterocycles. The second-order valence-electron chi connectivity index (χ2n) is 6.07. The second-order valence-corrected chi connectivity index (χ2v) is 7.84. The minimum atomic E-state index is -3.61. The van der Waals surface area contributed by atoms with Crippen LogP contribution in [-0.4, -0.2) is 26.6 Å². The number of nitrogens with zero attached hydrogens (tertiary/aromatic N) is 1. The van der Waals surface area contributed by atoms with Crippen LogP contribution in [-0.2, 0) is 14.8 Å². The first-order chi connectivity index (χ1) is 11.8. The molecule has 0 radical (unpaired) electrons. The molecule has 0 aliphatic carbocycles. The molecule has 2 aromatic carbocycles. The van der Waals surface area contributed by atoms with Gasteiger partial charge in [-0.3, -0.25) is 9.52 Å². The van der Waals surface area contributed by atoms with E-state index in [1.807, 2.05) is 56.3 Å². The molecule has 0 aromatic heterocycles. The lowest BCUT2D eigenvalue weighted by molar-refractivity contribution is -0.121. The number of benzene rings is 2. The molecule has 134 valence electrons. The van der Waals surface area contributed by atoms with Crippen molar-refractivity contribution in [2.24, 2.45) is 5.92 Å². The van der Waals surface area contributed by atoms with Crippen LogP contribution in [0.5, 0.6) is 0 Å². The highest BCUT2D eigenvalue weighted by Crippen LogP contribution is 2.18. The third kappa shape index (κ3) is 5.32. The monoisotopic (exact) mass is 360 g/mol. The molecule has 5 nitrogen and oxygen atoms in total. The van der Waals surface area contributed by atoms with Crippen LogP contribution >= 0.6 is 0 Å². The summed E-state index contributed by atoms with van der Waals surface area (Å²) in [4.78, 5) is 14.3. The largest absolute Gasteiger partial charge is 0.312 e. The maximum Gasteiger partial charge on any atom is 0.233 e. The summed E-state index contributed by atoms with van der Waals surface area (Å²) < 4.78 is 27.3. The minimum absolute atomic E-state index is 0.206. The lowest BCUT2D eigenvalue weighted by Crippen LogP contribution is -2.38. The number of anilines is 2. The molecule has 0 fully saturated rings. The molecule has 0 aliphatic rings. The molecule has 2 aromatic rings. The van der Waals surface area contributed by atoms with E-state index in [-0.39, 0.29) is 11.7 Å². The topological polar surface area (TPSA) is 66.5 Å². The molecule has 1 amide bonds. The van der Waals surface area contributed by atoms with Crippen molar-refractivity contribution < 1.29 is 13.2 Å². The first-order valence-electron chi connectivity index (χ1n) is 8.26. The molecule has 0 heterocycles. The number of carbonyl (C=O) groups excluding carboxylic acids is 1. The van der Waals surface area contributed by atoms with Crippen LogP contribution in [0.25, 0.3) is 0 Å². The summed E-state index contributed by atoms with van der Waals surface area (Å²) in [6.07, 6.45) is 0. The van der Waals surface area contributed by atoms with Gasteiger partial charge in [-0.2, -0.15) is 0 Å². The Kier molecular flexibility index (Phi) is 6.20. The van der Waals surface area contributed by atoms with E-state index in [4.69, 9.17) is 0 Å². The Hall–Kier alpha value is -2.34. The van der Waals surface area contributed by atoms with Gasteiger partial charge in [0.15, 0.2) is 0 Å². The molecule has 0 spiro atoms. The molecule has 6 heteroatoms. The van der Waals surface area contributed by atoms with Crippen LogP contribution in [0.15, 0.2) is 54.6 Å². The number of sulfonamides is 1. The fourth-order valence-electron chi connectivity index (χ4n) is 2.58. The van der Waals surface area contributed by atoms with Crippen molar-refractivity contribution >= 4 is 27.3 Å². The lowest BCUT2D eigenvalue weighted by atomic mass is 10.1. The Balaban J connectivity index is 2.07. The zero-order chi connectivity index (χ0) is 18.4. The van der Waals surface area contributed by atoms with Crippen molar-refractivity contribution in [2.45, 2.75) is 20.8 Å². The smallest absolute Gasteiger partial charge is 0.233 e. The third-order valence-corrected chi connectivity index (χ3v) is 5.35. The first kappa shape index (κ1) is 19.0. The van der Waals surface area contributed by atoms with Gasteiger partial charge in [0.2, 0.25) is 15.9 Å². The first-order valence-corrected chi connectivity index (χ1v) is 9.91.